The van der Waals surface area contributed by atoms with Gasteiger partial charge in [0.25, 0.3) is 0 Å². The molecule has 1 aliphatic rings. The number of thioether (sulfide) groups is 1. The molecule has 0 heterocycles. The van der Waals surface area contributed by atoms with Crippen LogP contribution in [-0.2, 0) is 0 Å². The Bertz CT molecular complexity index is 165. The van der Waals surface area contributed by atoms with Gasteiger partial charge in [-0.05, 0) is 56.1 Å². The first-order chi connectivity index (χ1) is 6.34. The maximum absolute atomic E-state index is 9.82. The number of aliphatic hydroxyl groups is 1. The molecule has 0 saturated heterocycles. The lowest BCUT2D eigenvalue weighted by Gasteiger charge is -2.18. The van der Waals surface area contributed by atoms with Crippen LogP contribution in [0.3, 0.4) is 0 Å². The van der Waals surface area contributed by atoms with Gasteiger partial charge in [-0.25, -0.2) is 0 Å². The zero-order chi connectivity index (χ0) is 9.52. The summed E-state index contributed by atoms with van der Waals surface area (Å²) in [6.45, 7) is 0. The van der Waals surface area contributed by atoms with Gasteiger partial charge in [0.1, 0.15) is 0 Å². The summed E-state index contributed by atoms with van der Waals surface area (Å²) in [6, 6.07) is 0. The second-order valence-corrected chi connectivity index (χ2v) is 4.66. The third-order valence-corrected chi connectivity index (χ3v) is 3.28. The van der Waals surface area contributed by atoms with Gasteiger partial charge in [0.2, 0.25) is 0 Å². The van der Waals surface area contributed by atoms with Crippen molar-refractivity contribution in [2.75, 3.05) is 12.0 Å². The van der Waals surface area contributed by atoms with Crippen LogP contribution >= 0.6 is 11.8 Å². The quantitative estimate of drug-likeness (QED) is 0.544. The molecule has 0 fully saturated rings. The summed E-state index contributed by atoms with van der Waals surface area (Å²) in [6.07, 6.45) is 11.2. The molecule has 1 nitrogen and oxygen atoms in total. The van der Waals surface area contributed by atoms with Crippen LogP contribution in [0, 0.1) is 0 Å². The molecule has 0 aliphatic heterocycles. The molecular formula is C11H20OS. The van der Waals surface area contributed by atoms with Gasteiger partial charge < -0.3 is 5.11 Å². The Hall–Kier alpha value is 0.0500. The Balaban J connectivity index is 2.21. The van der Waals surface area contributed by atoms with Crippen molar-refractivity contribution in [1.29, 1.82) is 0 Å². The zero-order valence-corrected chi connectivity index (χ0v) is 9.28. The number of hydrogen-bond donors (Lipinski definition) is 1. The van der Waals surface area contributed by atoms with E-state index in [1.165, 1.54) is 30.6 Å². The average molecular weight is 200 g/mol. The highest BCUT2D eigenvalue weighted by Gasteiger charge is 2.12. The zero-order valence-electron chi connectivity index (χ0n) is 8.46. The average Bonchev–Trinajstić information content (AvgIpc) is 2.19. The van der Waals surface area contributed by atoms with Gasteiger partial charge in [-0.2, -0.15) is 11.8 Å². The Morgan fingerprint density at radius 1 is 1.54 bits per heavy atom. The van der Waals surface area contributed by atoms with Crippen molar-refractivity contribution in [3.8, 4) is 0 Å². The van der Waals surface area contributed by atoms with Gasteiger partial charge in [-0.3, -0.25) is 0 Å². The second-order valence-electron chi connectivity index (χ2n) is 3.68. The molecule has 0 saturated carbocycles. The van der Waals surface area contributed by atoms with E-state index >= 15 is 0 Å². The SMILES string of the molecule is CSCCCC(O)C1=CCCCC1. The predicted molar refractivity (Wildman–Crippen MR) is 60.2 cm³/mol. The van der Waals surface area contributed by atoms with Crippen LogP contribution in [0.25, 0.3) is 0 Å². The van der Waals surface area contributed by atoms with Crippen LogP contribution in [0.1, 0.15) is 38.5 Å². The molecule has 1 N–H and O–H groups in total. The Morgan fingerprint density at radius 2 is 2.38 bits per heavy atom. The van der Waals surface area contributed by atoms with E-state index in [4.69, 9.17) is 0 Å². The molecule has 0 aromatic heterocycles. The van der Waals surface area contributed by atoms with Crippen molar-refractivity contribution >= 4 is 11.8 Å². The van der Waals surface area contributed by atoms with E-state index in [0.717, 1.165) is 19.3 Å². The number of aliphatic hydroxyl groups excluding tert-OH is 1. The molecule has 0 amide bonds. The van der Waals surface area contributed by atoms with Gasteiger partial charge in [0.15, 0.2) is 0 Å². The summed E-state index contributed by atoms with van der Waals surface area (Å²) in [4.78, 5) is 0. The third-order valence-electron chi connectivity index (χ3n) is 2.58. The first kappa shape index (κ1) is 11.1. The maximum Gasteiger partial charge on any atom is 0.0750 e. The van der Waals surface area contributed by atoms with E-state index in [0.29, 0.717) is 0 Å². The fraction of sp³-hybridized carbons (Fsp3) is 0.818. The molecule has 76 valence electrons. The number of hydrogen-bond acceptors (Lipinski definition) is 2. The van der Waals surface area contributed by atoms with E-state index in [2.05, 4.69) is 12.3 Å². The highest BCUT2D eigenvalue weighted by Crippen LogP contribution is 2.22. The van der Waals surface area contributed by atoms with E-state index in [-0.39, 0.29) is 6.10 Å². The van der Waals surface area contributed by atoms with Gasteiger partial charge >= 0.3 is 0 Å². The maximum atomic E-state index is 9.82. The van der Waals surface area contributed by atoms with Crippen molar-refractivity contribution in [3.05, 3.63) is 11.6 Å². The standard InChI is InChI=1S/C11H20OS/c1-13-9-5-8-11(12)10-6-3-2-4-7-10/h6,11-12H,2-5,7-9H2,1H3. The van der Waals surface area contributed by atoms with E-state index in [9.17, 15) is 5.11 Å². The van der Waals surface area contributed by atoms with Crippen molar-refractivity contribution in [3.63, 3.8) is 0 Å². The molecule has 2 heteroatoms. The monoisotopic (exact) mass is 200 g/mol. The molecular weight excluding hydrogens is 180 g/mol. The number of rotatable bonds is 5. The summed E-state index contributed by atoms with van der Waals surface area (Å²) in [5.74, 6) is 1.17. The smallest absolute Gasteiger partial charge is 0.0750 e. The highest BCUT2D eigenvalue weighted by molar-refractivity contribution is 7.98. The van der Waals surface area contributed by atoms with Crippen LogP contribution in [-0.4, -0.2) is 23.2 Å². The fourth-order valence-corrected chi connectivity index (χ4v) is 2.23. The second kappa shape index (κ2) is 6.50. The first-order valence-electron chi connectivity index (χ1n) is 5.20. The van der Waals surface area contributed by atoms with Crippen LogP contribution in [0.4, 0.5) is 0 Å². The minimum absolute atomic E-state index is 0.146. The summed E-state index contributed by atoms with van der Waals surface area (Å²) in [7, 11) is 0. The Labute approximate surface area is 85.6 Å². The van der Waals surface area contributed by atoms with Gasteiger partial charge in [0.05, 0.1) is 6.10 Å². The molecule has 0 aromatic carbocycles. The summed E-state index contributed by atoms with van der Waals surface area (Å²) in [5.41, 5.74) is 1.30. The first-order valence-corrected chi connectivity index (χ1v) is 6.60. The molecule has 1 rings (SSSR count). The third kappa shape index (κ3) is 4.19. The lowest BCUT2D eigenvalue weighted by atomic mass is 9.93. The van der Waals surface area contributed by atoms with Crippen molar-refractivity contribution in [1.82, 2.24) is 0 Å². The minimum atomic E-state index is -0.146. The molecule has 0 bridgehead atoms. The highest BCUT2D eigenvalue weighted by atomic mass is 32.2. The van der Waals surface area contributed by atoms with Crippen LogP contribution in [0.2, 0.25) is 0 Å². The van der Waals surface area contributed by atoms with Crippen molar-refractivity contribution in [2.24, 2.45) is 0 Å². The molecule has 0 radical (unpaired) electrons. The largest absolute Gasteiger partial charge is 0.389 e. The molecule has 1 atom stereocenters. The van der Waals surface area contributed by atoms with Gasteiger partial charge in [-0.1, -0.05) is 6.08 Å². The minimum Gasteiger partial charge on any atom is -0.389 e. The van der Waals surface area contributed by atoms with Crippen LogP contribution in [0.5, 0.6) is 0 Å². The molecule has 13 heavy (non-hydrogen) atoms. The number of allylic oxidation sites excluding steroid dienone is 1. The lowest BCUT2D eigenvalue weighted by Crippen LogP contribution is -2.12. The molecule has 1 aliphatic carbocycles. The summed E-state index contributed by atoms with van der Waals surface area (Å²) in [5, 5.41) is 9.82. The lowest BCUT2D eigenvalue weighted by molar-refractivity contribution is 0.193. The Kier molecular flexibility index (Phi) is 5.56. The van der Waals surface area contributed by atoms with Crippen molar-refractivity contribution < 1.29 is 5.11 Å². The Morgan fingerprint density at radius 3 is 3.00 bits per heavy atom. The van der Waals surface area contributed by atoms with E-state index in [1.807, 2.05) is 11.8 Å². The molecule has 0 aromatic rings. The molecule has 0 spiro atoms. The summed E-state index contributed by atoms with van der Waals surface area (Å²) >= 11 is 1.86. The van der Waals surface area contributed by atoms with Crippen molar-refractivity contribution in [2.45, 2.75) is 44.6 Å². The van der Waals surface area contributed by atoms with Crippen LogP contribution in [0.15, 0.2) is 11.6 Å². The van der Waals surface area contributed by atoms with E-state index in [1.54, 1.807) is 0 Å². The van der Waals surface area contributed by atoms with Crippen LogP contribution < -0.4 is 0 Å². The predicted octanol–water partition coefficient (Wildman–Crippen LogP) is 2.99. The van der Waals surface area contributed by atoms with E-state index < -0.39 is 0 Å². The molecule has 1 unspecified atom stereocenters. The normalized spacial score (nSPS) is 19.7. The fourth-order valence-electron chi connectivity index (χ4n) is 1.77. The van der Waals surface area contributed by atoms with Gasteiger partial charge in [-0.15, -0.1) is 0 Å². The van der Waals surface area contributed by atoms with Gasteiger partial charge in [0, 0.05) is 0 Å². The topological polar surface area (TPSA) is 20.2 Å². The summed E-state index contributed by atoms with van der Waals surface area (Å²) < 4.78 is 0.